The Morgan fingerprint density at radius 1 is 1.29 bits per heavy atom. The van der Waals surface area contributed by atoms with Gasteiger partial charge >= 0.3 is 5.63 Å². The van der Waals surface area contributed by atoms with E-state index < -0.39 is 5.60 Å². The van der Waals surface area contributed by atoms with Crippen LogP contribution in [-0.4, -0.2) is 41.2 Å². The number of unbranched alkanes of at least 4 members (excludes halogenated alkanes) is 1. The quantitative estimate of drug-likeness (QED) is 0.706. The molecule has 168 valence electrons. The van der Waals surface area contributed by atoms with Gasteiger partial charge in [0.2, 0.25) is 0 Å². The predicted molar refractivity (Wildman–Crippen MR) is 119 cm³/mol. The number of carbonyl (C=O) groups is 1. The number of aryl methyl sites for hydroxylation is 2. The number of aliphatic hydroxyl groups is 1. The number of amides is 1. The number of benzene rings is 1. The standard InChI is InChI=1S/C25H33NO5/c1-3-4-7-18-14-23(28)31-21-13-17(2)12-20(24(18)21)30-16-22(27)26-11-10-25(29)9-6-5-8-19(25)15-26/h12-14,19,29H,3-11,15-16H2,1-2H3/t19-,25-/m1/s1. The van der Waals surface area contributed by atoms with Crippen molar-refractivity contribution in [2.24, 2.45) is 5.92 Å². The summed E-state index contributed by atoms with van der Waals surface area (Å²) in [5, 5.41) is 11.7. The maximum Gasteiger partial charge on any atom is 0.336 e. The van der Waals surface area contributed by atoms with Crippen LogP contribution in [0.15, 0.2) is 27.4 Å². The first-order chi connectivity index (χ1) is 14.9. The van der Waals surface area contributed by atoms with E-state index in [-0.39, 0.29) is 24.1 Å². The van der Waals surface area contributed by atoms with Crippen LogP contribution in [0.4, 0.5) is 0 Å². The van der Waals surface area contributed by atoms with Crippen molar-refractivity contribution >= 4 is 16.9 Å². The van der Waals surface area contributed by atoms with Gasteiger partial charge in [-0.3, -0.25) is 4.79 Å². The van der Waals surface area contributed by atoms with E-state index in [0.29, 0.717) is 30.8 Å². The Balaban J connectivity index is 1.52. The Morgan fingerprint density at radius 2 is 2.13 bits per heavy atom. The lowest BCUT2D eigenvalue weighted by atomic mass is 9.71. The van der Waals surface area contributed by atoms with Gasteiger partial charge in [0, 0.05) is 25.1 Å². The van der Waals surface area contributed by atoms with Gasteiger partial charge in [-0.15, -0.1) is 0 Å². The fourth-order valence-corrected chi connectivity index (χ4v) is 5.18. The SMILES string of the molecule is CCCCc1cc(=O)oc2cc(C)cc(OCC(=O)N3CC[C@]4(O)CCCC[C@@H]4C3)c12. The molecule has 6 nitrogen and oxygen atoms in total. The van der Waals surface area contributed by atoms with E-state index in [4.69, 9.17) is 9.15 Å². The largest absolute Gasteiger partial charge is 0.483 e. The third kappa shape index (κ3) is 4.64. The van der Waals surface area contributed by atoms with Crippen molar-refractivity contribution in [3.05, 3.63) is 39.7 Å². The highest BCUT2D eigenvalue weighted by Gasteiger charge is 2.43. The van der Waals surface area contributed by atoms with Crippen LogP contribution in [0.5, 0.6) is 5.75 Å². The molecule has 1 aliphatic heterocycles. The molecule has 1 aliphatic carbocycles. The smallest absolute Gasteiger partial charge is 0.336 e. The van der Waals surface area contributed by atoms with Gasteiger partial charge < -0.3 is 19.2 Å². The molecular weight excluding hydrogens is 394 g/mol. The second kappa shape index (κ2) is 9.03. The molecule has 2 aromatic rings. The minimum Gasteiger partial charge on any atom is -0.483 e. The molecule has 2 heterocycles. The van der Waals surface area contributed by atoms with E-state index in [2.05, 4.69) is 6.92 Å². The molecule has 0 radical (unpaired) electrons. The average molecular weight is 428 g/mol. The average Bonchev–Trinajstić information content (AvgIpc) is 2.74. The number of ether oxygens (including phenoxy) is 1. The van der Waals surface area contributed by atoms with Crippen molar-refractivity contribution < 1.29 is 19.1 Å². The van der Waals surface area contributed by atoms with Gasteiger partial charge in [-0.2, -0.15) is 0 Å². The lowest BCUT2D eigenvalue weighted by molar-refractivity contribution is -0.145. The Morgan fingerprint density at radius 3 is 2.94 bits per heavy atom. The number of rotatable bonds is 6. The molecular formula is C25H33NO5. The first-order valence-electron chi connectivity index (χ1n) is 11.6. The van der Waals surface area contributed by atoms with Gasteiger partial charge in [0.15, 0.2) is 6.61 Å². The summed E-state index contributed by atoms with van der Waals surface area (Å²) in [5.74, 6) is 0.688. The molecule has 6 heteroatoms. The molecule has 0 unspecified atom stereocenters. The molecule has 1 aromatic heterocycles. The van der Waals surface area contributed by atoms with Crippen LogP contribution < -0.4 is 10.4 Å². The van der Waals surface area contributed by atoms with Crippen LogP contribution in [0.2, 0.25) is 0 Å². The fraction of sp³-hybridized carbons (Fsp3) is 0.600. The number of nitrogens with zero attached hydrogens (tertiary/aromatic N) is 1. The van der Waals surface area contributed by atoms with E-state index in [9.17, 15) is 14.7 Å². The Labute approximate surface area is 183 Å². The molecule has 4 rings (SSSR count). The summed E-state index contributed by atoms with van der Waals surface area (Å²) in [6.45, 7) is 5.14. The summed E-state index contributed by atoms with van der Waals surface area (Å²) in [6.07, 6.45) is 7.39. The second-order valence-corrected chi connectivity index (χ2v) is 9.26. The summed E-state index contributed by atoms with van der Waals surface area (Å²) in [5.41, 5.74) is 1.36. The van der Waals surface area contributed by atoms with E-state index in [1.165, 1.54) is 6.07 Å². The highest BCUT2D eigenvalue weighted by molar-refractivity contribution is 5.88. The van der Waals surface area contributed by atoms with Gasteiger partial charge in [-0.25, -0.2) is 4.79 Å². The fourth-order valence-electron chi connectivity index (χ4n) is 5.18. The number of piperidine rings is 1. The minimum absolute atomic E-state index is 0.0595. The lowest BCUT2D eigenvalue weighted by Crippen LogP contribution is -2.55. The molecule has 2 aliphatic rings. The summed E-state index contributed by atoms with van der Waals surface area (Å²) in [6, 6.07) is 5.28. The Bertz CT molecular complexity index is 1010. The number of hydrogen-bond donors (Lipinski definition) is 1. The zero-order chi connectivity index (χ0) is 22.0. The van der Waals surface area contributed by atoms with Crippen LogP contribution in [0.25, 0.3) is 11.0 Å². The molecule has 2 fully saturated rings. The maximum atomic E-state index is 12.9. The summed E-state index contributed by atoms with van der Waals surface area (Å²) < 4.78 is 11.5. The van der Waals surface area contributed by atoms with Gasteiger partial charge in [-0.05, 0) is 62.3 Å². The molecule has 1 saturated heterocycles. The first kappa shape index (κ1) is 21.9. The van der Waals surface area contributed by atoms with Gasteiger partial charge in [0.05, 0.1) is 11.0 Å². The monoisotopic (exact) mass is 427 g/mol. The van der Waals surface area contributed by atoms with Crippen molar-refractivity contribution in [2.75, 3.05) is 19.7 Å². The third-order valence-corrected chi connectivity index (χ3v) is 6.97. The zero-order valence-corrected chi connectivity index (χ0v) is 18.6. The van der Waals surface area contributed by atoms with Crippen molar-refractivity contribution in [3.63, 3.8) is 0 Å². The number of fused-ring (bicyclic) bond motifs is 2. The van der Waals surface area contributed by atoms with Crippen molar-refractivity contribution in [1.82, 2.24) is 4.90 Å². The number of hydrogen-bond acceptors (Lipinski definition) is 5. The molecule has 1 aromatic carbocycles. The molecule has 1 N–H and O–H groups in total. The van der Waals surface area contributed by atoms with Crippen LogP contribution in [-0.2, 0) is 11.2 Å². The highest BCUT2D eigenvalue weighted by Crippen LogP contribution is 2.40. The predicted octanol–water partition coefficient (Wildman–Crippen LogP) is 3.98. The van der Waals surface area contributed by atoms with E-state index in [0.717, 1.165) is 61.5 Å². The van der Waals surface area contributed by atoms with Crippen molar-refractivity contribution in [2.45, 2.75) is 70.8 Å². The molecule has 0 spiro atoms. The van der Waals surface area contributed by atoms with E-state index in [1.54, 1.807) is 0 Å². The molecule has 31 heavy (non-hydrogen) atoms. The second-order valence-electron chi connectivity index (χ2n) is 9.26. The highest BCUT2D eigenvalue weighted by atomic mass is 16.5. The first-order valence-corrected chi connectivity index (χ1v) is 11.6. The number of carbonyl (C=O) groups excluding carboxylic acids is 1. The molecule has 1 amide bonds. The topological polar surface area (TPSA) is 80.0 Å². The summed E-state index contributed by atoms with van der Waals surface area (Å²) in [7, 11) is 0. The Hall–Kier alpha value is -2.34. The summed E-state index contributed by atoms with van der Waals surface area (Å²) >= 11 is 0. The normalized spacial score (nSPS) is 23.6. The molecule has 1 saturated carbocycles. The molecule has 2 atom stereocenters. The molecule has 0 bridgehead atoms. The van der Waals surface area contributed by atoms with Gasteiger partial charge in [0.1, 0.15) is 11.3 Å². The Kier molecular flexibility index (Phi) is 6.37. The zero-order valence-electron chi connectivity index (χ0n) is 18.6. The van der Waals surface area contributed by atoms with Gasteiger partial charge in [-0.1, -0.05) is 26.2 Å². The van der Waals surface area contributed by atoms with Crippen LogP contribution in [0.3, 0.4) is 0 Å². The lowest BCUT2D eigenvalue weighted by Gasteiger charge is -2.47. The van der Waals surface area contributed by atoms with E-state index >= 15 is 0 Å². The van der Waals surface area contributed by atoms with Gasteiger partial charge in [0.25, 0.3) is 5.91 Å². The van der Waals surface area contributed by atoms with Crippen molar-refractivity contribution in [3.8, 4) is 5.75 Å². The maximum absolute atomic E-state index is 12.9. The number of likely N-dealkylation sites (tertiary alicyclic amines) is 1. The van der Waals surface area contributed by atoms with Crippen LogP contribution in [0, 0.1) is 12.8 Å². The minimum atomic E-state index is -0.603. The van der Waals surface area contributed by atoms with E-state index in [1.807, 2.05) is 24.0 Å². The van der Waals surface area contributed by atoms with Crippen LogP contribution >= 0.6 is 0 Å². The third-order valence-electron chi connectivity index (χ3n) is 6.97. The van der Waals surface area contributed by atoms with Crippen LogP contribution in [0.1, 0.15) is 63.0 Å². The van der Waals surface area contributed by atoms with Crippen molar-refractivity contribution in [1.29, 1.82) is 0 Å². The summed E-state index contributed by atoms with van der Waals surface area (Å²) in [4.78, 5) is 26.8.